The molecule has 0 heterocycles. The van der Waals surface area contributed by atoms with E-state index in [0.29, 0.717) is 6.07 Å². The lowest BCUT2D eigenvalue weighted by Gasteiger charge is -2.12. The van der Waals surface area contributed by atoms with Crippen LogP contribution in [-0.2, 0) is 10.0 Å². The summed E-state index contributed by atoms with van der Waals surface area (Å²) >= 11 is 0. The number of nitrogens with two attached hydrogens (primary N) is 1. The zero-order chi connectivity index (χ0) is 12.3. The molecule has 1 rings (SSSR count). The molecule has 0 aliphatic carbocycles. The Morgan fingerprint density at radius 1 is 1.31 bits per heavy atom. The topological polar surface area (TPSA) is 72.2 Å². The van der Waals surface area contributed by atoms with Crippen molar-refractivity contribution in [3.63, 3.8) is 0 Å². The molecule has 1 atom stereocenters. The molecule has 0 aromatic heterocycles. The van der Waals surface area contributed by atoms with Crippen LogP contribution >= 0.6 is 0 Å². The first-order valence-electron chi connectivity index (χ1n) is 4.53. The van der Waals surface area contributed by atoms with Gasteiger partial charge in [-0.15, -0.1) is 0 Å². The number of halogens is 2. The molecule has 90 valence electrons. The lowest BCUT2D eigenvalue weighted by atomic mass is 10.3. The highest BCUT2D eigenvalue weighted by Crippen LogP contribution is 2.15. The lowest BCUT2D eigenvalue weighted by molar-refractivity contribution is 0.583. The highest BCUT2D eigenvalue weighted by molar-refractivity contribution is 7.93. The Kier molecular flexibility index (Phi) is 3.82. The minimum Gasteiger partial charge on any atom is -0.329 e. The molecular weight excluding hydrogens is 238 g/mol. The second-order valence-corrected chi connectivity index (χ2v) is 5.45. The zero-order valence-electron chi connectivity index (χ0n) is 8.57. The zero-order valence-corrected chi connectivity index (χ0v) is 9.39. The molecule has 0 aliphatic rings. The molecule has 16 heavy (non-hydrogen) atoms. The smallest absolute Gasteiger partial charge is 0.236 e. The van der Waals surface area contributed by atoms with E-state index in [1.165, 1.54) is 6.92 Å². The number of hydrogen-bond acceptors (Lipinski definition) is 3. The van der Waals surface area contributed by atoms with Gasteiger partial charge in [0.25, 0.3) is 0 Å². The van der Waals surface area contributed by atoms with Crippen LogP contribution in [0.25, 0.3) is 0 Å². The molecule has 0 radical (unpaired) electrons. The summed E-state index contributed by atoms with van der Waals surface area (Å²) in [5, 5.41) is -0.834. The summed E-state index contributed by atoms with van der Waals surface area (Å²) in [6, 6.07) is 2.44. The standard InChI is InChI=1S/C9H12F2N2O2S/c1-6(5-12)16(14,15)13-9-3-7(10)2-8(11)4-9/h2-4,6,13H,5,12H2,1H3. The first-order valence-corrected chi connectivity index (χ1v) is 6.07. The summed E-state index contributed by atoms with van der Waals surface area (Å²) < 4.78 is 50.7. The first-order chi connectivity index (χ1) is 7.35. The average molecular weight is 250 g/mol. The van der Waals surface area contributed by atoms with Crippen molar-refractivity contribution in [2.24, 2.45) is 5.73 Å². The lowest BCUT2D eigenvalue weighted by Crippen LogP contribution is -2.31. The van der Waals surface area contributed by atoms with Gasteiger partial charge in [0.2, 0.25) is 10.0 Å². The monoisotopic (exact) mass is 250 g/mol. The minimum absolute atomic E-state index is 0.0763. The van der Waals surface area contributed by atoms with Crippen molar-refractivity contribution in [1.82, 2.24) is 0 Å². The van der Waals surface area contributed by atoms with Crippen LogP contribution in [0.4, 0.5) is 14.5 Å². The van der Waals surface area contributed by atoms with E-state index in [1.54, 1.807) is 0 Å². The van der Waals surface area contributed by atoms with E-state index < -0.39 is 26.9 Å². The van der Waals surface area contributed by atoms with Gasteiger partial charge in [0.05, 0.1) is 10.9 Å². The Balaban J connectivity index is 2.97. The van der Waals surface area contributed by atoms with E-state index in [0.717, 1.165) is 12.1 Å². The van der Waals surface area contributed by atoms with Crippen molar-refractivity contribution in [3.8, 4) is 0 Å². The summed E-state index contributed by atoms with van der Waals surface area (Å²) in [7, 11) is -3.71. The van der Waals surface area contributed by atoms with Gasteiger partial charge in [-0.05, 0) is 19.1 Å². The van der Waals surface area contributed by atoms with Gasteiger partial charge >= 0.3 is 0 Å². The quantitative estimate of drug-likeness (QED) is 0.839. The van der Waals surface area contributed by atoms with Gasteiger partial charge in [0.1, 0.15) is 11.6 Å². The third kappa shape index (κ3) is 3.14. The highest BCUT2D eigenvalue weighted by atomic mass is 32.2. The van der Waals surface area contributed by atoms with Crippen LogP contribution in [0.1, 0.15) is 6.92 Å². The molecule has 0 fully saturated rings. The fraction of sp³-hybridized carbons (Fsp3) is 0.333. The van der Waals surface area contributed by atoms with E-state index in [4.69, 9.17) is 5.73 Å². The summed E-state index contributed by atoms with van der Waals surface area (Å²) in [6.45, 7) is 1.32. The maximum atomic E-state index is 12.8. The van der Waals surface area contributed by atoms with Gasteiger partial charge in [-0.2, -0.15) is 0 Å². The van der Waals surface area contributed by atoms with Gasteiger partial charge < -0.3 is 5.73 Å². The number of anilines is 1. The second kappa shape index (κ2) is 4.75. The van der Waals surface area contributed by atoms with Crippen molar-refractivity contribution in [2.45, 2.75) is 12.2 Å². The fourth-order valence-corrected chi connectivity index (χ4v) is 1.91. The molecule has 0 aliphatic heterocycles. The molecule has 0 bridgehead atoms. The summed E-state index contributed by atoms with van der Waals surface area (Å²) in [5.41, 5.74) is 5.05. The molecule has 3 N–H and O–H groups in total. The summed E-state index contributed by atoms with van der Waals surface area (Å²) in [4.78, 5) is 0. The van der Waals surface area contributed by atoms with Crippen molar-refractivity contribution < 1.29 is 17.2 Å². The fourth-order valence-electron chi connectivity index (χ4n) is 1.00. The van der Waals surface area contributed by atoms with Gasteiger partial charge in [-0.25, -0.2) is 17.2 Å². The molecule has 1 unspecified atom stereocenters. The van der Waals surface area contributed by atoms with Gasteiger partial charge in [-0.1, -0.05) is 0 Å². The number of hydrogen-bond donors (Lipinski definition) is 2. The van der Waals surface area contributed by atoms with Crippen LogP contribution in [0.15, 0.2) is 18.2 Å². The Bertz CT molecular complexity index is 456. The van der Waals surface area contributed by atoms with Crippen LogP contribution in [0.3, 0.4) is 0 Å². The normalized spacial score (nSPS) is 13.5. The number of nitrogens with one attached hydrogen (secondary N) is 1. The molecule has 1 aromatic carbocycles. The van der Waals surface area contributed by atoms with Crippen molar-refractivity contribution in [1.29, 1.82) is 0 Å². The average Bonchev–Trinajstić information content (AvgIpc) is 2.13. The van der Waals surface area contributed by atoms with Crippen molar-refractivity contribution in [2.75, 3.05) is 11.3 Å². The second-order valence-electron chi connectivity index (χ2n) is 3.35. The number of sulfonamides is 1. The molecule has 0 saturated carbocycles. The largest absolute Gasteiger partial charge is 0.329 e. The molecular formula is C9H12F2N2O2S. The third-order valence-electron chi connectivity index (χ3n) is 1.98. The van der Waals surface area contributed by atoms with E-state index >= 15 is 0 Å². The van der Waals surface area contributed by atoms with Gasteiger partial charge in [-0.3, -0.25) is 4.72 Å². The molecule has 1 aromatic rings. The first kappa shape index (κ1) is 12.9. The SMILES string of the molecule is CC(CN)S(=O)(=O)Nc1cc(F)cc(F)c1. The summed E-state index contributed by atoms with van der Waals surface area (Å²) in [5.74, 6) is -1.70. The van der Waals surface area contributed by atoms with Gasteiger partial charge in [0, 0.05) is 12.6 Å². The summed E-state index contributed by atoms with van der Waals surface area (Å²) in [6.07, 6.45) is 0. The number of rotatable bonds is 4. The Hall–Kier alpha value is -1.21. The molecule has 0 saturated heterocycles. The molecule has 0 amide bonds. The van der Waals surface area contributed by atoms with E-state index in [1.807, 2.05) is 0 Å². The third-order valence-corrected chi connectivity index (χ3v) is 3.76. The predicted octanol–water partition coefficient (Wildman–Crippen LogP) is 1.05. The molecule has 0 spiro atoms. The highest BCUT2D eigenvalue weighted by Gasteiger charge is 2.19. The maximum Gasteiger partial charge on any atom is 0.236 e. The Morgan fingerprint density at radius 2 is 1.81 bits per heavy atom. The van der Waals surface area contributed by atoms with Crippen molar-refractivity contribution in [3.05, 3.63) is 29.8 Å². The van der Waals surface area contributed by atoms with E-state index in [9.17, 15) is 17.2 Å². The van der Waals surface area contributed by atoms with Crippen molar-refractivity contribution >= 4 is 15.7 Å². The van der Waals surface area contributed by atoms with E-state index in [-0.39, 0.29) is 12.2 Å². The van der Waals surface area contributed by atoms with Crippen LogP contribution in [0, 0.1) is 11.6 Å². The van der Waals surface area contributed by atoms with Gasteiger partial charge in [0.15, 0.2) is 0 Å². The van der Waals surface area contributed by atoms with Crippen LogP contribution in [-0.4, -0.2) is 20.2 Å². The Labute approximate surface area is 92.5 Å². The minimum atomic E-state index is -3.71. The van der Waals surface area contributed by atoms with Crippen LogP contribution in [0.5, 0.6) is 0 Å². The number of benzene rings is 1. The maximum absolute atomic E-state index is 12.8. The predicted molar refractivity (Wildman–Crippen MR) is 57.4 cm³/mol. The molecule has 7 heteroatoms. The van der Waals surface area contributed by atoms with Crippen LogP contribution < -0.4 is 10.5 Å². The molecule has 4 nitrogen and oxygen atoms in total. The Morgan fingerprint density at radius 3 is 2.25 bits per heavy atom. The van der Waals surface area contributed by atoms with Crippen LogP contribution in [0.2, 0.25) is 0 Å². The van der Waals surface area contributed by atoms with E-state index in [2.05, 4.69) is 4.72 Å².